The number of nitrogens with one attached hydrogen (secondary N) is 1. The number of carbonyl (C=O) groups is 1. The Hall–Kier alpha value is -1.65. The van der Waals surface area contributed by atoms with Crippen molar-refractivity contribution in [1.82, 2.24) is 5.32 Å². The Bertz CT molecular complexity index is 694. The first kappa shape index (κ1) is 16.2. The average Bonchev–Trinajstić information content (AvgIpc) is 2.59. The van der Waals surface area contributed by atoms with Gasteiger partial charge in [0, 0.05) is 17.3 Å². The van der Waals surface area contributed by atoms with E-state index in [2.05, 4.69) is 21.2 Å². The van der Waals surface area contributed by atoms with Crippen molar-refractivity contribution in [3.63, 3.8) is 0 Å². The van der Waals surface area contributed by atoms with Gasteiger partial charge in [0.2, 0.25) is 0 Å². The maximum atomic E-state index is 12.8. The van der Waals surface area contributed by atoms with E-state index in [4.69, 9.17) is 4.74 Å². The van der Waals surface area contributed by atoms with Gasteiger partial charge in [-0.05, 0) is 53.1 Å². The fourth-order valence-electron chi connectivity index (χ4n) is 3.06. The van der Waals surface area contributed by atoms with Crippen molar-refractivity contribution in [1.29, 1.82) is 0 Å². The van der Waals surface area contributed by atoms with Crippen molar-refractivity contribution in [2.45, 2.75) is 25.4 Å². The molecule has 0 saturated carbocycles. The lowest BCUT2D eigenvalue weighted by molar-refractivity contribution is -0.0379. The van der Waals surface area contributed by atoms with Crippen molar-refractivity contribution in [3.8, 4) is 0 Å². The van der Waals surface area contributed by atoms with Crippen LogP contribution in [0.25, 0.3) is 0 Å². The average molecular weight is 374 g/mol. The summed E-state index contributed by atoms with van der Waals surface area (Å²) >= 11 is 3.51. The van der Waals surface area contributed by atoms with E-state index in [9.17, 15) is 4.79 Å². The minimum atomic E-state index is -0.549. The van der Waals surface area contributed by atoms with Crippen LogP contribution in [0.4, 0.5) is 0 Å². The SMILES string of the molecule is Cc1cccc(C(=O)OC2(c3ccccc3)CCNCC2)c1Br. The third-order valence-corrected chi connectivity index (χ3v) is 5.46. The lowest BCUT2D eigenvalue weighted by atomic mass is 9.84. The summed E-state index contributed by atoms with van der Waals surface area (Å²) in [6.45, 7) is 3.66. The van der Waals surface area contributed by atoms with Crippen LogP contribution in [0.3, 0.4) is 0 Å². The van der Waals surface area contributed by atoms with E-state index < -0.39 is 5.60 Å². The molecule has 3 nitrogen and oxygen atoms in total. The van der Waals surface area contributed by atoms with Crippen LogP contribution < -0.4 is 5.32 Å². The summed E-state index contributed by atoms with van der Waals surface area (Å²) in [6.07, 6.45) is 1.57. The molecule has 2 aromatic carbocycles. The maximum Gasteiger partial charge on any atom is 0.340 e. The highest BCUT2D eigenvalue weighted by Gasteiger charge is 2.38. The van der Waals surface area contributed by atoms with Gasteiger partial charge in [0.1, 0.15) is 5.60 Å². The quantitative estimate of drug-likeness (QED) is 0.819. The van der Waals surface area contributed by atoms with E-state index >= 15 is 0 Å². The van der Waals surface area contributed by atoms with E-state index in [1.165, 1.54) is 0 Å². The summed E-state index contributed by atoms with van der Waals surface area (Å²) in [5.74, 6) is -0.272. The number of carbonyl (C=O) groups excluding carboxylic acids is 1. The Morgan fingerprint density at radius 3 is 2.48 bits per heavy atom. The first-order chi connectivity index (χ1) is 11.1. The number of esters is 1. The molecule has 0 aromatic heterocycles. The largest absolute Gasteiger partial charge is 0.450 e. The minimum Gasteiger partial charge on any atom is -0.450 e. The molecular weight excluding hydrogens is 354 g/mol. The summed E-state index contributed by atoms with van der Waals surface area (Å²) in [7, 11) is 0. The van der Waals surface area contributed by atoms with Crippen molar-refractivity contribution < 1.29 is 9.53 Å². The molecule has 0 bridgehead atoms. The van der Waals surface area contributed by atoms with E-state index in [1.54, 1.807) is 6.07 Å². The number of hydrogen-bond acceptors (Lipinski definition) is 3. The molecule has 3 rings (SSSR count). The van der Waals surface area contributed by atoms with Crippen LogP contribution in [0.1, 0.15) is 34.3 Å². The summed E-state index contributed by atoms with van der Waals surface area (Å²) in [6, 6.07) is 15.7. The van der Waals surface area contributed by atoms with E-state index in [0.717, 1.165) is 41.5 Å². The third kappa shape index (κ3) is 3.33. The number of halogens is 1. The Morgan fingerprint density at radius 2 is 1.78 bits per heavy atom. The third-order valence-electron chi connectivity index (χ3n) is 4.41. The van der Waals surface area contributed by atoms with Crippen LogP contribution in [0.5, 0.6) is 0 Å². The van der Waals surface area contributed by atoms with E-state index in [0.29, 0.717) is 5.56 Å². The molecule has 120 valence electrons. The fraction of sp³-hybridized carbons (Fsp3) is 0.316. The molecule has 0 radical (unpaired) electrons. The summed E-state index contributed by atoms with van der Waals surface area (Å²) < 4.78 is 6.89. The van der Waals surface area contributed by atoms with Gasteiger partial charge in [-0.2, -0.15) is 0 Å². The van der Waals surface area contributed by atoms with Crippen LogP contribution in [-0.4, -0.2) is 19.1 Å². The Balaban J connectivity index is 1.93. The molecule has 2 aromatic rings. The van der Waals surface area contributed by atoms with Crippen LogP contribution in [0.2, 0.25) is 0 Å². The smallest absolute Gasteiger partial charge is 0.340 e. The minimum absolute atomic E-state index is 0.272. The highest BCUT2D eigenvalue weighted by Crippen LogP contribution is 2.36. The van der Waals surface area contributed by atoms with Crippen LogP contribution >= 0.6 is 15.9 Å². The fourth-order valence-corrected chi connectivity index (χ4v) is 3.49. The Kier molecular flexibility index (Phi) is 4.83. The van der Waals surface area contributed by atoms with Gasteiger partial charge in [-0.3, -0.25) is 0 Å². The molecule has 0 amide bonds. The molecule has 1 aliphatic rings. The van der Waals surface area contributed by atoms with Crippen molar-refractivity contribution >= 4 is 21.9 Å². The van der Waals surface area contributed by atoms with Gasteiger partial charge < -0.3 is 10.1 Å². The van der Waals surface area contributed by atoms with Gasteiger partial charge in [-0.1, -0.05) is 42.5 Å². The van der Waals surface area contributed by atoms with Gasteiger partial charge in [0.05, 0.1) is 5.56 Å². The summed E-state index contributed by atoms with van der Waals surface area (Å²) in [4.78, 5) is 12.8. The number of piperidine rings is 1. The van der Waals surface area contributed by atoms with Crippen LogP contribution in [-0.2, 0) is 10.3 Å². The topological polar surface area (TPSA) is 38.3 Å². The zero-order valence-corrected chi connectivity index (χ0v) is 14.7. The second-order valence-corrected chi connectivity index (χ2v) is 6.73. The number of ether oxygens (including phenoxy) is 1. The molecule has 23 heavy (non-hydrogen) atoms. The summed E-state index contributed by atoms with van der Waals surface area (Å²) in [5.41, 5.74) is 2.13. The molecule has 0 unspecified atom stereocenters. The summed E-state index contributed by atoms with van der Waals surface area (Å²) in [5, 5.41) is 3.34. The van der Waals surface area contributed by atoms with Crippen LogP contribution in [0.15, 0.2) is 53.0 Å². The standard InChI is InChI=1S/C19H20BrNO2/c1-14-6-5-9-16(17(14)20)18(22)23-19(10-12-21-13-11-19)15-7-3-2-4-8-15/h2-9,21H,10-13H2,1H3. The number of benzene rings is 2. The number of aryl methyl sites for hydroxylation is 1. The van der Waals surface area contributed by atoms with E-state index in [-0.39, 0.29) is 5.97 Å². The molecule has 0 atom stereocenters. The first-order valence-corrected chi connectivity index (χ1v) is 8.66. The molecule has 1 saturated heterocycles. The highest BCUT2D eigenvalue weighted by atomic mass is 79.9. The molecule has 1 heterocycles. The van der Waals surface area contributed by atoms with Gasteiger partial charge in [-0.15, -0.1) is 0 Å². The molecule has 1 aliphatic heterocycles. The molecule has 4 heteroatoms. The van der Waals surface area contributed by atoms with Gasteiger partial charge in [0.15, 0.2) is 0 Å². The van der Waals surface area contributed by atoms with Crippen molar-refractivity contribution in [2.24, 2.45) is 0 Å². The number of rotatable bonds is 3. The predicted octanol–water partition coefficient (Wildman–Crippen LogP) is 4.19. The predicted molar refractivity (Wildman–Crippen MR) is 94.5 cm³/mol. The Morgan fingerprint density at radius 1 is 1.09 bits per heavy atom. The first-order valence-electron chi connectivity index (χ1n) is 7.87. The van der Waals surface area contributed by atoms with E-state index in [1.807, 2.05) is 49.4 Å². The highest BCUT2D eigenvalue weighted by molar-refractivity contribution is 9.10. The normalized spacial score (nSPS) is 16.8. The van der Waals surface area contributed by atoms with Gasteiger partial charge >= 0.3 is 5.97 Å². The molecule has 1 N–H and O–H groups in total. The van der Waals surface area contributed by atoms with Crippen molar-refractivity contribution in [2.75, 3.05) is 13.1 Å². The van der Waals surface area contributed by atoms with Crippen LogP contribution in [0, 0.1) is 6.92 Å². The lowest BCUT2D eigenvalue weighted by Gasteiger charge is -2.37. The lowest BCUT2D eigenvalue weighted by Crippen LogP contribution is -2.43. The number of hydrogen-bond donors (Lipinski definition) is 1. The maximum absolute atomic E-state index is 12.8. The molecule has 0 aliphatic carbocycles. The molecular formula is C19H20BrNO2. The Labute approximate surface area is 145 Å². The van der Waals surface area contributed by atoms with Gasteiger partial charge in [-0.25, -0.2) is 4.79 Å². The second kappa shape index (κ2) is 6.85. The second-order valence-electron chi connectivity index (χ2n) is 5.94. The zero-order valence-electron chi connectivity index (χ0n) is 13.1. The van der Waals surface area contributed by atoms with Gasteiger partial charge in [0.25, 0.3) is 0 Å². The van der Waals surface area contributed by atoms with Crippen molar-refractivity contribution in [3.05, 3.63) is 69.7 Å². The molecule has 1 fully saturated rings. The zero-order chi connectivity index (χ0) is 16.3. The monoisotopic (exact) mass is 373 g/mol. The molecule has 0 spiro atoms.